The highest BCUT2D eigenvalue weighted by atomic mass is 32.2. The number of rotatable bonds is 4. The van der Waals surface area contributed by atoms with Crippen molar-refractivity contribution in [1.29, 1.82) is 0 Å². The van der Waals surface area contributed by atoms with Crippen LogP contribution in [0.25, 0.3) is 0 Å². The fourth-order valence-electron chi connectivity index (χ4n) is 1.75. The summed E-state index contributed by atoms with van der Waals surface area (Å²) in [6.45, 7) is 1.75. The Kier molecular flexibility index (Phi) is 4.08. The van der Waals surface area contributed by atoms with E-state index in [1.807, 2.05) is 0 Å². The van der Waals surface area contributed by atoms with E-state index in [1.54, 1.807) is 13.0 Å². The van der Waals surface area contributed by atoms with Gasteiger partial charge in [-0.05, 0) is 25.1 Å². The molecule has 0 atom stereocenters. The molecule has 6 nitrogen and oxygen atoms in total. The minimum absolute atomic E-state index is 0.0612. The highest BCUT2D eigenvalue weighted by Gasteiger charge is 2.13. The van der Waals surface area contributed by atoms with Crippen molar-refractivity contribution in [1.82, 2.24) is 10.2 Å². The normalized spacial score (nSPS) is 11.4. The Bertz CT molecular complexity index is 784. The van der Waals surface area contributed by atoms with E-state index in [0.717, 1.165) is 18.0 Å². The molecule has 0 bridgehead atoms. The maximum atomic E-state index is 13.8. The van der Waals surface area contributed by atoms with E-state index < -0.39 is 21.6 Å². The quantitative estimate of drug-likeness (QED) is 0.898. The Morgan fingerprint density at radius 2 is 2.10 bits per heavy atom. The van der Waals surface area contributed by atoms with Gasteiger partial charge >= 0.3 is 0 Å². The Morgan fingerprint density at radius 1 is 1.38 bits per heavy atom. The molecule has 2 N–H and O–H groups in total. The maximum Gasteiger partial charge on any atom is 0.276 e. The number of halogens is 1. The molecular formula is C13H14FN3O3S. The second-order valence-electron chi connectivity index (χ2n) is 4.77. The van der Waals surface area contributed by atoms with Gasteiger partial charge < -0.3 is 5.32 Å². The number of aryl methyl sites for hydroxylation is 1. The molecule has 2 rings (SSSR count). The van der Waals surface area contributed by atoms with Crippen LogP contribution >= 0.6 is 0 Å². The lowest BCUT2D eigenvalue weighted by Crippen LogP contribution is -2.13. The minimum atomic E-state index is -3.32. The van der Waals surface area contributed by atoms with Crippen LogP contribution in [0.3, 0.4) is 0 Å². The van der Waals surface area contributed by atoms with E-state index in [2.05, 4.69) is 15.5 Å². The number of anilines is 1. The summed E-state index contributed by atoms with van der Waals surface area (Å²) in [6.07, 6.45) is 1.03. The van der Waals surface area contributed by atoms with Gasteiger partial charge in [0.15, 0.2) is 15.5 Å². The molecule has 0 spiro atoms. The first-order valence-electron chi connectivity index (χ1n) is 6.04. The van der Waals surface area contributed by atoms with Gasteiger partial charge in [0.05, 0.1) is 5.75 Å². The summed E-state index contributed by atoms with van der Waals surface area (Å²) in [4.78, 5) is 11.8. The lowest BCUT2D eigenvalue weighted by atomic mass is 10.2. The van der Waals surface area contributed by atoms with Gasteiger partial charge in [0.1, 0.15) is 5.82 Å². The van der Waals surface area contributed by atoms with Crippen molar-refractivity contribution in [3.8, 4) is 0 Å². The number of aromatic nitrogens is 2. The third kappa shape index (κ3) is 4.12. The number of hydrogen-bond donors (Lipinski definition) is 2. The third-order valence-electron chi connectivity index (χ3n) is 2.67. The molecule has 0 saturated carbocycles. The van der Waals surface area contributed by atoms with Crippen LogP contribution in [-0.4, -0.2) is 30.8 Å². The van der Waals surface area contributed by atoms with Gasteiger partial charge in [0.2, 0.25) is 0 Å². The fraction of sp³-hybridized carbons (Fsp3) is 0.231. The van der Waals surface area contributed by atoms with Crippen LogP contribution in [0, 0.1) is 12.7 Å². The summed E-state index contributed by atoms with van der Waals surface area (Å²) >= 11 is 0. The zero-order valence-corrected chi connectivity index (χ0v) is 12.3. The summed E-state index contributed by atoms with van der Waals surface area (Å²) < 4.78 is 36.1. The molecule has 0 aliphatic carbocycles. The van der Waals surface area contributed by atoms with Crippen LogP contribution in [0.2, 0.25) is 0 Å². The number of aromatic amines is 1. The van der Waals surface area contributed by atoms with E-state index in [4.69, 9.17) is 0 Å². The van der Waals surface area contributed by atoms with Gasteiger partial charge in [0, 0.05) is 23.2 Å². The Hall–Kier alpha value is -2.22. The predicted molar refractivity (Wildman–Crippen MR) is 76.2 cm³/mol. The average molecular weight is 311 g/mol. The first-order valence-corrected chi connectivity index (χ1v) is 8.10. The molecule has 1 aromatic carbocycles. The zero-order valence-electron chi connectivity index (χ0n) is 11.5. The monoisotopic (exact) mass is 311 g/mol. The van der Waals surface area contributed by atoms with Crippen molar-refractivity contribution in [2.75, 3.05) is 11.6 Å². The summed E-state index contributed by atoms with van der Waals surface area (Å²) in [5, 5.41) is 8.91. The number of nitrogens with one attached hydrogen (secondary N) is 2. The van der Waals surface area contributed by atoms with Crippen LogP contribution < -0.4 is 5.32 Å². The van der Waals surface area contributed by atoms with Gasteiger partial charge in [0.25, 0.3) is 5.91 Å². The highest BCUT2D eigenvalue weighted by Crippen LogP contribution is 2.17. The van der Waals surface area contributed by atoms with E-state index in [9.17, 15) is 17.6 Å². The Labute approximate surface area is 121 Å². The number of carbonyl (C=O) groups excluding carboxylic acids is 1. The lowest BCUT2D eigenvalue weighted by molar-refractivity contribution is 0.102. The molecule has 1 heterocycles. The zero-order chi connectivity index (χ0) is 15.6. The molecule has 0 aliphatic rings. The first-order chi connectivity index (χ1) is 9.74. The molecule has 0 fully saturated rings. The second-order valence-corrected chi connectivity index (χ2v) is 6.91. The van der Waals surface area contributed by atoms with Crippen LogP contribution in [0.4, 0.5) is 10.1 Å². The molecular weight excluding hydrogens is 297 g/mol. The van der Waals surface area contributed by atoms with Gasteiger partial charge in [-0.2, -0.15) is 5.10 Å². The molecule has 112 valence electrons. The molecule has 0 saturated heterocycles. The molecule has 0 unspecified atom stereocenters. The Balaban J connectivity index is 2.15. The minimum Gasteiger partial charge on any atom is -0.320 e. The van der Waals surface area contributed by atoms with Crippen LogP contribution in [-0.2, 0) is 15.6 Å². The van der Waals surface area contributed by atoms with Gasteiger partial charge in [-0.15, -0.1) is 0 Å². The summed E-state index contributed by atoms with van der Waals surface area (Å²) in [6, 6.07) is 5.42. The number of H-pyrrole nitrogens is 1. The highest BCUT2D eigenvalue weighted by molar-refractivity contribution is 7.89. The number of benzene rings is 1. The largest absolute Gasteiger partial charge is 0.320 e. The van der Waals surface area contributed by atoms with Gasteiger partial charge in [-0.1, -0.05) is 6.07 Å². The van der Waals surface area contributed by atoms with Crippen molar-refractivity contribution in [2.24, 2.45) is 0 Å². The van der Waals surface area contributed by atoms with E-state index in [1.165, 1.54) is 12.1 Å². The third-order valence-corrected chi connectivity index (χ3v) is 3.50. The van der Waals surface area contributed by atoms with Crippen molar-refractivity contribution in [3.63, 3.8) is 0 Å². The number of hydrogen-bond acceptors (Lipinski definition) is 4. The smallest absolute Gasteiger partial charge is 0.276 e. The standard InChI is InChI=1S/C13H14FN3O3S/c1-8-5-12(17-16-8)13(18)15-10-4-3-9(11(14)6-10)7-21(2,19)20/h3-6H,7H2,1-2H3,(H,15,18)(H,16,17). The van der Waals surface area contributed by atoms with Crippen molar-refractivity contribution in [3.05, 3.63) is 47.0 Å². The molecule has 1 aromatic heterocycles. The summed E-state index contributed by atoms with van der Waals surface area (Å²) in [5.74, 6) is -1.54. The maximum absolute atomic E-state index is 13.8. The van der Waals surface area contributed by atoms with Crippen LogP contribution in [0.5, 0.6) is 0 Å². The van der Waals surface area contributed by atoms with Crippen LogP contribution in [0.15, 0.2) is 24.3 Å². The summed E-state index contributed by atoms with van der Waals surface area (Å²) in [7, 11) is -3.32. The summed E-state index contributed by atoms with van der Waals surface area (Å²) in [5.41, 5.74) is 1.21. The number of amides is 1. The predicted octanol–water partition coefficient (Wildman–Crippen LogP) is 1.65. The topological polar surface area (TPSA) is 91.9 Å². The molecule has 21 heavy (non-hydrogen) atoms. The van der Waals surface area contributed by atoms with E-state index >= 15 is 0 Å². The van der Waals surface area contributed by atoms with Crippen LogP contribution in [0.1, 0.15) is 21.7 Å². The van der Waals surface area contributed by atoms with Crippen molar-refractivity contribution in [2.45, 2.75) is 12.7 Å². The number of nitrogens with zero attached hydrogens (tertiary/aromatic N) is 1. The van der Waals surface area contributed by atoms with Crippen molar-refractivity contribution < 1.29 is 17.6 Å². The molecule has 0 radical (unpaired) electrons. The van der Waals surface area contributed by atoms with Crippen molar-refractivity contribution >= 4 is 21.4 Å². The molecule has 0 aliphatic heterocycles. The van der Waals surface area contributed by atoms with Gasteiger partial charge in [-0.3, -0.25) is 9.89 Å². The molecule has 2 aromatic rings. The first kappa shape index (κ1) is 15.2. The average Bonchev–Trinajstić information content (AvgIpc) is 2.78. The molecule has 8 heteroatoms. The second kappa shape index (κ2) is 5.65. The number of carbonyl (C=O) groups is 1. The SMILES string of the molecule is Cc1cc(C(=O)Nc2ccc(CS(C)(=O)=O)c(F)c2)n[nH]1. The lowest BCUT2D eigenvalue weighted by Gasteiger charge is -2.06. The number of sulfone groups is 1. The van der Waals surface area contributed by atoms with E-state index in [-0.39, 0.29) is 22.7 Å². The van der Waals surface area contributed by atoms with Gasteiger partial charge in [-0.25, -0.2) is 12.8 Å². The Morgan fingerprint density at radius 3 is 2.62 bits per heavy atom. The fourth-order valence-corrected chi connectivity index (χ4v) is 2.55. The molecule has 1 amide bonds. The van der Waals surface area contributed by atoms with E-state index in [0.29, 0.717) is 0 Å².